The number of carbonyl (C=O) groups is 2. The van der Waals surface area contributed by atoms with Crippen molar-refractivity contribution in [2.45, 2.75) is 27.7 Å². The first-order valence-electron chi connectivity index (χ1n) is 5.58. The maximum absolute atomic E-state index is 11.7. The summed E-state index contributed by atoms with van der Waals surface area (Å²) in [5, 5.41) is 8.74. The third-order valence-electron chi connectivity index (χ3n) is 3.12. The Morgan fingerprint density at radius 2 is 1.94 bits per heavy atom. The van der Waals surface area contributed by atoms with Crippen LogP contribution in [0.2, 0.25) is 0 Å². The number of aliphatic hydroxyl groups excluding tert-OH is 1. The zero-order valence-electron chi connectivity index (χ0n) is 10.7. The van der Waals surface area contributed by atoms with Gasteiger partial charge in [-0.25, -0.2) is 0 Å². The number of Topliss-reactive ketones (excluding diaryl/α,β-unsaturated/α-hetero) is 2. The van der Waals surface area contributed by atoms with Crippen LogP contribution in [0, 0.1) is 5.41 Å². The van der Waals surface area contributed by atoms with E-state index in [1.165, 1.54) is 0 Å². The summed E-state index contributed by atoms with van der Waals surface area (Å²) in [4.78, 5) is 23.3. The van der Waals surface area contributed by atoms with Crippen LogP contribution in [0.4, 0.5) is 0 Å². The molecular weight excluding hydrogens is 216 g/mol. The average molecular weight is 234 g/mol. The van der Waals surface area contributed by atoms with Crippen LogP contribution >= 0.6 is 0 Å². The van der Waals surface area contributed by atoms with Crippen molar-refractivity contribution in [3.05, 3.63) is 34.9 Å². The Hall–Kier alpha value is -1.48. The van der Waals surface area contributed by atoms with Crippen LogP contribution in [0.1, 0.15) is 27.7 Å². The number of hydrogen-bond donors (Lipinski definition) is 1. The molecule has 3 heteroatoms. The summed E-state index contributed by atoms with van der Waals surface area (Å²) in [5.74, 6) is -0.739. The number of carbonyl (C=O) groups excluding carboxylic acids is 2. The van der Waals surface area contributed by atoms with Crippen LogP contribution in [0.3, 0.4) is 0 Å². The first kappa shape index (κ1) is 13.6. The van der Waals surface area contributed by atoms with Crippen molar-refractivity contribution in [1.82, 2.24) is 0 Å². The molecule has 1 aliphatic rings. The molecule has 0 fully saturated rings. The molecule has 17 heavy (non-hydrogen) atoms. The van der Waals surface area contributed by atoms with Crippen LogP contribution < -0.4 is 0 Å². The quantitative estimate of drug-likeness (QED) is 0.600. The second-order valence-corrected chi connectivity index (χ2v) is 4.79. The van der Waals surface area contributed by atoms with Crippen LogP contribution in [0.25, 0.3) is 0 Å². The molecule has 0 heterocycles. The van der Waals surface area contributed by atoms with Gasteiger partial charge in [0.05, 0.1) is 12.0 Å². The Morgan fingerprint density at radius 1 is 1.35 bits per heavy atom. The highest BCUT2D eigenvalue weighted by Gasteiger charge is 2.43. The summed E-state index contributed by atoms with van der Waals surface area (Å²) >= 11 is 0. The van der Waals surface area contributed by atoms with Gasteiger partial charge in [0, 0.05) is 5.57 Å². The summed E-state index contributed by atoms with van der Waals surface area (Å²) in [5.41, 5.74) is 1.44. The molecule has 0 bridgehead atoms. The van der Waals surface area contributed by atoms with Crippen LogP contribution in [0.5, 0.6) is 0 Å². The Labute approximate surface area is 102 Å². The highest BCUT2D eigenvalue weighted by Crippen LogP contribution is 2.38. The fourth-order valence-electron chi connectivity index (χ4n) is 1.93. The highest BCUT2D eigenvalue weighted by atomic mass is 16.2. The summed E-state index contributed by atoms with van der Waals surface area (Å²) in [6, 6.07) is 0. The largest absolute Gasteiger partial charge is 0.392 e. The van der Waals surface area contributed by atoms with E-state index in [1.807, 2.05) is 13.0 Å². The van der Waals surface area contributed by atoms with Crippen molar-refractivity contribution in [2.24, 2.45) is 5.41 Å². The lowest BCUT2D eigenvalue weighted by molar-refractivity contribution is -0.137. The molecule has 0 aromatic carbocycles. The minimum Gasteiger partial charge on any atom is -0.392 e. The van der Waals surface area contributed by atoms with Crippen molar-refractivity contribution in [2.75, 3.05) is 6.61 Å². The zero-order chi connectivity index (χ0) is 13.2. The molecule has 0 saturated carbocycles. The summed E-state index contributed by atoms with van der Waals surface area (Å²) in [6.07, 6.45) is 5.26. The molecule has 0 spiro atoms. The number of aliphatic hydroxyl groups is 1. The molecule has 92 valence electrons. The van der Waals surface area contributed by atoms with Gasteiger partial charge in [-0.15, -0.1) is 0 Å². The summed E-state index contributed by atoms with van der Waals surface area (Å²) in [7, 11) is 0. The van der Waals surface area contributed by atoms with Crippen molar-refractivity contribution in [1.29, 1.82) is 0 Å². The first-order valence-corrected chi connectivity index (χ1v) is 5.58. The average Bonchev–Trinajstić information content (AvgIpc) is 2.39. The van der Waals surface area contributed by atoms with E-state index in [4.69, 9.17) is 5.11 Å². The van der Waals surface area contributed by atoms with Gasteiger partial charge in [0.15, 0.2) is 0 Å². The Bertz CT molecular complexity index is 448. The molecule has 3 nitrogen and oxygen atoms in total. The number of ketones is 2. The number of rotatable bonds is 3. The van der Waals surface area contributed by atoms with Gasteiger partial charge in [0.2, 0.25) is 11.6 Å². The van der Waals surface area contributed by atoms with Gasteiger partial charge in [-0.2, -0.15) is 0 Å². The third kappa shape index (κ3) is 2.44. The molecule has 0 atom stereocenters. The summed E-state index contributed by atoms with van der Waals surface area (Å²) < 4.78 is 0. The fourth-order valence-corrected chi connectivity index (χ4v) is 1.93. The third-order valence-corrected chi connectivity index (χ3v) is 3.12. The van der Waals surface area contributed by atoms with Gasteiger partial charge in [-0.3, -0.25) is 9.59 Å². The van der Waals surface area contributed by atoms with E-state index in [1.54, 1.807) is 32.9 Å². The van der Waals surface area contributed by atoms with Crippen LogP contribution in [-0.4, -0.2) is 23.3 Å². The van der Waals surface area contributed by atoms with Gasteiger partial charge >= 0.3 is 0 Å². The minimum atomic E-state index is -0.739. The van der Waals surface area contributed by atoms with Crippen molar-refractivity contribution < 1.29 is 14.7 Å². The van der Waals surface area contributed by atoms with Gasteiger partial charge in [-0.05, 0) is 33.3 Å². The maximum Gasteiger partial charge on any atom is 0.225 e. The Kier molecular flexibility index (Phi) is 3.83. The predicted molar refractivity (Wildman–Crippen MR) is 66.5 cm³/mol. The van der Waals surface area contributed by atoms with E-state index >= 15 is 0 Å². The van der Waals surface area contributed by atoms with E-state index in [0.717, 1.165) is 11.1 Å². The van der Waals surface area contributed by atoms with Crippen LogP contribution in [-0.2, 0) is 9.59 Å². The van der Waals surface area contributed by atoms with E-state index < -0.39 is 11.2 Å². The highest BCUT2D eigenvalue weighted by molar-refractivity contribution is 6.48. The molecule has 1 N–H and O–H groups in total. The second-order valence-electron chi connectivity index (χ2n) is 4.79. The standard InChI is InChI=1S/C14H18O3/c1-9(7-8-15)5-6-11-10(2)12(16)13(17)14(11,3)4/h5-7,15H,8H2,1-4H3/b6-5+,9-7+. The Morgan fingerprint density at radius 3 is 2.35 bits per heavy atom. The Balaban J connectivity index is 3.10. The number of hydrogen-bond acceptors (Lipinski definition) is 3. The lowest BCUT2D eigenvalue weighted by atomic mass is 9.84. The van der Waals surface area contributed by atoms with E-state index in [2.05, 4.69) is 0 Å². The second kappa shape index (κ2) is 4.80. The molecule has 0 amide bonds. The van der Waals surface area contributed by atoms with Crippen LogP contribution in [0.15, 0.2) is 34.9 Å². The van der Waals surface area contributed by atoms with Gasteiger partial charge < -0.3 is 5.11 Å². The van der Waals surface area contributed by atoms with E-state index in [0.29, 0.717) is 5.57 Å². The molecule has 0 aromatic heterocycles. The monoisotopic (exact) mass is 234 g/mol. The number of allylic oxidation sites excluding steroid dienone is 5. The summed E-state index contributed by atoms with van der Waals surface area (Å²) in [6.45, 7) is 7.03. The normalized spacial score (nSPS) is 20.9. The predicted octanol–water partition coefficient (Wildman–Crippen LogP) is 1.98. The topological polar surface area (TPSA) is 54.4 Å². The first-order chi connectivity index (χ1) is 7.82. The van der Waals surface area contributed by atoms with E-state index in [9.17, 15) is 9.59 Å². The van der Waals surface area contributed by atoms with Crippen molar-refractivity contribution in [3.63, 3.8) is 0 Å². The van der Waals surface area contributed by atoms with Crippen molar-refractivity contribution in [3.8, 4) is 0 Å². The molecule has 0 unspecified atom stereocenters. The minimum absolute atomic E-state index is 0.0184. The molecule has 1 rings (SSSR count). The van der Waals surface area contributed by atoms with Gasteiger partial charge in [0.1, 0.15) is 0 Å². The van der Waals surface area contributed by atoms with Crippen molar-refractivity contribution >= 4 is 11.6 Å². The fraction of sp³-hybridized carbons (Fsp3) is 0.429. The molecule has 0 radical (unpaired) electrons. The SMILES string of the molecule is CC1=C(/C=C/C(C)=C/CO)C(C)(C)C(=O)C1=O. The molecule has 0 aliphatic heterocycles. The molecule has 1 aliphatic carbocycles. The zero-order valence-corrected chi connectivity index (χ0v) is 10.7. The van der Waals surface area contributed by atoms with Gasteiger partial charge in [-0.1, -0.05) is 23.8 Å². The maximum atomic E-state index is 11.7. The van der Waals surface area contributed by atoms with Gasteiger partial charge in [0.25, 0.3) is 0 Å². The molecular formula is C14H18O3. The lowest BCUT2D eigenvalue weighted by Crippen LogP contribution is -2.24. The molecule has 0 aromatic rings. The lowest BCUT2D eigenvalue weighted by Gasteiger charge is -2.17. The molecule has 0 saturated heterocycles. The van der Waals surface area contributed by atoms with E-state index in [-0.39, 0.29) is 12.4 Å². The smallest absolute Gasteiger partial charge is 0.225 e.